The summed E-state index contributed by atoms with van der Waals surface area (Å²) in [5.74, 6) is -1.18. The van der Waals surface area contributed by atoms with E-state index in [0.29, 0.717) is 6.54 Å². The first-order valence-electron chi connectivity index (χ1n) is 6.06. The molecule has 0 saturated carbocycles. The second-order valence-corrected chi connectivity index (χ2v) is 3.92. The molecule has 0 aromatic carbocycles. The minimum atomic E-state index is -1.18. The maximum absolute atomic E-state index is 11.8. The van der Waals surface area contributed by atoms with E-state index in [2.05, 4.69) is 5.32 Å². The first-order chi connectivity index (χ1) is 8.56. The lowest BCUT2D eigenvalue weighted by atomic mass is 10.2. The molecule has 0 aromatic heterocycles. The van der Waals surface area contributed by atoms with Crippen LogP contribution in [0.4, 0.5) is 4.79 Å². The zero-order valence-corrected chi connectivity index (χ0v) is 10.6. The molecule has 0 heterocycles. The maximum Gasteiger partial charge on any atom is 0.326 e. The molecule has 4 N–H and O–H groups in total. The number of aliphatic carboxylic acids is 1. The standard InChI is InChI=1S/C11H22N2O5/c1-2-3-5-13(6-8-15)11(18)12-9(4-7-14)10(16)17/h9,14-15H,2-8H2,1H3,(H,12,18)(H,16,17)/t9-/m0/s1. The number of hydrogen-bond donors (Lipinski definition) is 4. The van der Waals surface area contributed by atoms with Gasteiger partial charge in [0.2, 0.25) is 0 Å². The normalized spacial score (nSPS) is 11.9. The van der Waals surface area contributed by atoms with E-state index in [4.69, 9.17) is 15.3 Å². The lowest BCUT2D eigenvalue weighted by Crippen LogP contribution is -2.49. The SMILES string of the molecule is CCCCN(CCO)C(=O)N[C@@H](CCO)C(=O)O. The van der Waals surface area contributed by atoms with E-state index in [1.165, 1.54) is 4.90 Å². The molecule has 106 valence electrons. The lowest BCUT2D eigenvalue weighted by Gasteiger charge is -2.24. The Hall–Kier alpha value is -1.34. The number of carboxylic acids is 1. The van der Waals surface area contributed by atoms with E-state index in [-0.39, 0.29) is 26.2 Å². The van der Waals surface area contributed by atoms with Crippen molar-refractivity contribution >= 4 is 12.0 Å². The first-order valence-corrected chi connectivity index (χ1v) is 6.06. The van der Waals surface area contributed by atoms with Gasteiger partial charge in [-0.2, -0.15) is 0 Å². The van der Waals surface area contributed by atoms with E-state index in [9.17, 15) is 9.59 Å². The van der Waals surface area contributed by atoms with Gasteiger partial charge < -0.3 is 25.5 Å². The van der Waals surface area contributed by atoms with Gasteiger partial charge in [-0.1, -0.05) is 13.3 Å². The summed E-state index contributed by atoms with van der Waals surface area (Å²) >= 11 is 0. The predicted octanol–water partition coefficient (Wildman–Crippen LogP) is -0.374. The van der Waals surface area contributed by atoms with Crippen molar-refractivity contribution in [3.8, 4) is 0 Å². The molecule has 0 bridgehead atoms. The number of nitrogens with one attached hydrogen (secondary N) is 1. The molecular weight excluding hydrogens is 240 g/mol. The van der Waals surface area contributed by atoms with E-state index >= 15 is 0 Å². The van der Waals surface area contributed by atoms with Crippen LogP contribution in [-0.2, 0) is 4.79 Å². The summed E-state index contributed by atoms with van der Waals surface area (Å²) in [5.41, 5.74) is 0. The van der Waals surface area contributed by atoms with Crippen LogP contribution in [0, 0.1) is 0 Å². The number of nitrogens with zero attached hydrogens (tertiary/aromatic N) is 1. The molecule has 18 heavy (non-hydrogen) atoms. The van der Waals surface area contributed by atoms with Gasteiger partial charge in [0.15, 0.2) is 0 Å². The van der Waals surface area contributed by atoms with Crippen LogP contribution < -0.4 is 5.32 Å². The third-order valence-electron chi connectivity index (χ3n) is 2.45. The minimum absolute atomic E-state index is 0.0399. The summed E-state index contributed by atoms with van der Waals surface area (Å²) < 4.78 is 0. The Morgan fingerprint density at radius 3 is 2.33 bits per heavy atom. The number of urea groups is 1. The molecule has 0 aliphatic rings. The summed E-state index contributed by atoms with van der Waals surface area (Å²) in [7, 11) is 0. The number of hydrogen-bond acceptors (Lipinski definition) is 4. The van der Waals surface area contributed by atoms with Crippen LogP contribution >= 0.6 is 0 Å². The van der Waals surface area contributed by atoms with Gasteiger partial charge in [0.05, 0.1) is 6.61 Å². The maximum atomic E-state index is 11.8. The van der Waals surface area contributed by atoms with Crippen molar-refractivity contribution < 1.29 is 24.9 Å². The van der Waals surface area contributed by atoms with Gasteiger partial charge in [-0.3, -0.25) is 0 Å². The van der Waals surface area contributed by atoms with Gasteiger partial charge in [-0.05, 0) is 6.42 Å². The van der Waals surface area contributed by atoms with Gasteiger partial charge in [0.1, 0.15) is 6.04 Å². The molecule has 0 saturated heterocycles. The van der Waals surface area contributed by atoms with E-state index in [1.54, 1.807) is 0 Å². The Morgan fingerprint density at radius 1 is 1.22 bits per heavy atom. The molecule has 0 radical (unpaired) electrons. The molecule has 0 aliphatic heterocycles. The number of amides is 2. The average molecular weight is 262 g/mol. The van der Waals surface area contributed by atoms with Crippen molar-refractivity contribution in [2.45, 2.75) is 32.2 Å². The highest BCUT2D eigenvalue weighted by Crippen LogP contribution is 1.99. The van der Waals surface area contributed by atoms with Crippen molar-refractivity contribution in [2.75, 3.05) is 26.3 Å². The fraction of sp³-hybridized carbons (Fsp3) is 0.818. The topological polar surface area (TPSA) is 110 Å². The van der Waals surface area contributed by atoms with E-state index in [1.807, 2.05) is 6.92 Å². The Balaban J connectivity index is 4.40. The molecule has 0 spiro atoms. The van der Waals surface area contributed by atoms with Crippen LogP contribution in [0.2, 0.25) is 0 Å². The van der Waals surface area contributed by atoms with Gasteiger partial charge in [0, 0.05) is 26.1 Å². The molecule has 7 heteroatoms. The molecule has 0 unspecified atom stereocenters. The monoisotopic (exact) mass is 262 g/mol. The third-order valence-corrected chi connectivity index (χ3v) is 2.45. The number of carbonyl (C=O) groups excluding carboxylic acids is 1. The van der Waals surface area contributed by atoms with Gasteiger partial charge >= 0.3 is 12.0 Å². The third kappa shape index (κ3) is 6.41. The summed E-state index contributed by atoms with van der Waals surface area (Å²) in [5, 5.41) is 28.7. The second-order valence-electron chi connectivity index (χ2n) is 3.92. The smallest absolute Gasteiger partial charge is 0.326 e. The fourth-order valence-corrected chi connectivity index (χ4v) is 1.41. The van der Waals surface area contributed by atoms with E-state index in [0.717, 1.165) is 12.8 Å². The number of aliphatic hydroxyl groups excluding tert-OH is 2. The van der Waals surface area contributed by atoms with Gasteiger partial charge in [0.25, 0.3) is 0 Å². The van der Waals surface area contributed by atoms with Crippen LogP contribution in [0.1, 0.15) is 26.2 Å². The average Bonchev–Trinajstić information content (AvgIpc) is 2.33. The highest BCUT2D eigenvalue weighted by molar-refractivity contribution is 5.82. The van der Waals surface area contributed by atoms with Crippen LogP contribution in [0.15, 0.2) is 0 Å². The highest BCUT2D eigenvalue weighted by Gasteiger charge is 2.22. The predicted molar refractivity (Wildman–Crippen MR) is 65.2 cm³/mol. The molecule has 2 amide bonds. The molecule has 1 atom stereocenters. The highest BCUT2D eigenvalue weighted by atomic mass is 16.4. The Morgan fingerprint density at radius 2 is 1.89 bits per heavy atom. The van der Waals surface area contributed by atoms with Gasteiger partial charge in [-0.25, -0.2) is 9.59 Å². The molecule has 0 rings (SSSR count). The summed E-state index contributed by atoms with van der Waals surface area (Å²) in [4.78, 5) is 24.0. The second kappa shape index (κ2) is 9.67. The lowest BCUT2D eigenvalue weighted by molar-refractivity contribution is -0.139. The summed E-state index contributed by atoms with van der Waals surface area (Å²) in [6, 6.07) is -1.64. The van der Waals surface area contributed by atoms with Crippen LogP contribution in [0.5, 0.6) is 0 Å². The van der Waals surface area contributed by atoms with Crippen molar-refractivity contribution in [3.63, 3.8) is 0 Å². The minimum Gasteiger partial charge on any atom is -0.480 e. The van der Waals surface area contributed by atoms with Gasteiger partial charge in [-0.15, -0.1) is 0 Å². The molecule has 0 fully saturated rings. The van der Waals surface area contributed by atoms with Crippen LogP contribution in [-0.4, -0.2) is 64.6 Å². The van der Waals surface area contributed by atoms with E-state index < -0.39 is 18.0 Å². The van der Waals surface area contributed by atoms with Crippen LogP contribution in [0.25, 0.3) is 0 Å². The Bertz CT molecular complexity index is 260. The molecule has 0 aliphatic carbocycles. The van der Waals surface area contributed by atoms with Crippen molar-refractivity contribution in [1.82, 2.24) is 10.2 Å². The zero-order chi connectivity index (χ0) is 14.0. The first kappa shape index (κ1) is 16.7. The quantitative estimate of drug-likeness (QED) is 0.453. The van der Waals surface area contributed by atoms with Crippen molar-refractivity contribution in [3.05, 3.63) is 0 Å². The number of aliphatic hydroxyl groups is 2. The summed E-state index contributed by atoms with van der Waals surface area (Å²) in [6.07, 6.45) is 1.64. The number of carbonyl (C=O) groups is 2. The van der Waals surface area contributed by atoms with Crippen molar-refractivity contribution in [2.24, 2.45) is 0 Å². The number of rotatable bonds is 9. The Kier molecular flexibility index (Phi) is 8.95. The number of carboxylic acid groups (broad SMARTS) is 1. The summed E-state index contributed by atoms with van der Waals surface area (Å²) in [6.45, 7) is 2.12. The number of unbranched alkanes of at least 4 members (excludes halogenated alkanes) is 1. The van der Waals surface area contributed by atoms with Crippen LogP contribution in [0.3, 0.4) is 0 Å². The Labute approximate surface area is 106 Å². The molecule has 0 aromatic rings. The van der Waals surface area contributed by atoms with Crippen molar-refractivity contribution in [1.29, 1.82) is 0 Å². The zero-order valence-electron chi connectivity index (χ0n) is 10.6. The molecule has 7 nitrogen and oxygen atoms in total. The largest absolute Gasteiger partial charge is 0.480 e. The molecular formula is C11H22N2O5. The fourth-order valence-electron chi connectivity index (χ4n) is 1.41.